The van der Waals surface area contributed by atoms with Crippen LogP contribution in [0.2, 0.25) is 0 Å². The number of aliphatic hydroxyl groups is 1. The van der Waals surface area contributed by atoms with Crippen molar-refractivity contribution in [3.8, 4) is 0 Å². The van der Waals surface area contributed by atoms with Gasteiger partial charge in [-0.2, -0.15) is 0 Å². The summed E-state index contributed by atoms with van der Waals surface area (Å²) >= 11 is 0. The van der Waals surface area contributed by atoms with E-state index in [0.717, 1.165) is 19.3 Å². The maximum absolute atomic E-state index is 11.6. The van der Waals surface area contributed by atoms with Gasteiger partial charge < -0.3 is 15.7 Å². The first-order valence-electron chi connectivity index (χ1n) is 6.68. The van der Waals surface area contributed by atoms with Gasteiger partial charge in [0.05, 0.1) is 0 Å². The molecule has 0 spiro atoms. The molecule has 0 rings (SSSR count). The average molecular weight is 244 g/mol. The van der Waals surface area contributed by atoms with Gasteiger partial charge in [-0.05, 0) is 38.0 Å². The van der Waals surface area contributed by atoms with Gasteiger partial charge in [0.25, 0.3) is 0 Å². The normalized spacial score (nSPS) is 13.2. The Labute approximate surface area is 105 Å². The van der Waals surface area contributed by atoms with Gasteiger partial charge in [0.15, 0.2) is 0 Å². The summed E-state index contributed by atoms with van der Waals surface area (Å²) < 4.78 is 0. The molecule has 0 aliphatic heterocycles. The Bertz CT molecular complexity index is 207. The van der Waals surface area contributed by atoms with Crippen molar-refractivity contribution < 1.29 is 9.90 Å². The molecule has 0 radical (unpaired) electrons. The highest BCUT2D eigenvalue weighted by Gasteiger charge is 2.24. The van der Waals surface area contributed by atoms with E-state index in [9.17, 15) is 4.79 Å². The van der Waals surface area contributed by atoms with E-state index in [1.165, 1.54) is 0 Å². The molecule has 1 atom stereocenters. The van der Waals surface area contributed by atoms with Gasteiger partial charge in [0.1, 0.15) is 0 Å². The Hall–Kier alpha value is -0.770. The van der Waals surface area contributed by atoms with Gasteiger partial charge in [0, 0.05) is 19.2 Å². The van der Waals surface area contributed by atoms with Crippen LogP contribution in [-0.4, -0.2) is 30.3 Å². The van der Waals surface area contributed by atoms with E-state index in [1.807, 2.05) is 6.92 Å². The lowest BCUT2D eigenvalue weighted by Gasteiger charge is -2.30. The SMILES string of the molecule is CCC(CC)(CC)CNC(=O)N[C@H](C)CCO. The lowest BCUT2D eigenvalue weighted by atomic mass is 9.80. The molecular formula is C13H28N2O2. The van der Waals surface area contributed by atoms with Crippen molar-refractivity contribution in [2.45, 2.75) is 59.4 Å². The van der Waals surface area contributed by atoms with E-state index < -0.39 is 0 Å². The van der Waals surface area contributed by atoms with Crippen LogP contribution in [0.3, 0.4) is 0 Å². The second kappa shape index (κ2) is 8.34. The molecule has 0 heterocycles. The summed E-state index contributed by atoms with van der Waals surface area (Å²) in [5.74, 6) is 0. The topological polar surface area (TPSA) is 61.4 Å². The van der Waals surface area contributed by atoms with Gasteiger partial charge in [-0.25, -0.2) is 4.79 Å². The molecule has 4 nitrogen and oxygen atoms in total. The first-order valence-corrected chi connectivity index (χ1v) is 6.68. The smallest absolute Gasteiger partial charge is 0.315 e. The number of hydrogen-bond acceptors (Lipinski definition) is 2. The van der Waals surface area contributed by atoms with E-state index in [1.54, 1.807) is 0 Å². The summed E-state index contributed by atoms with van der Waals surface area (Å²) in [6, 6.07) is -0.120. The lowest BCUT2D eigenvalue weighted by molar-refractivity contribution is 0.210. The van der Waals surface area contributed by atoms with Crippen LogP contribution in [0.15, 0.2) is 0 Å². The summed E-state index contributed by atoms with van der Waals surface area (Å²) in [6.45, 7) is 9.21. The highest BCUT2D eigenvalue weighted by atomic mass is 16.3. The van der Waals surface area contributed by atoms with Crippen molar-refractivity contribution in [1.29, 1.82) is 0 Å². The Balaban J connectivity index is 4.04. The molecular weight excluding hydrogens is 216 g/mol. The predicted octanol–water partition coefficient (Wildman–Crippen LogP) is 2.27. The minimum absolute atomic E-state index is 0.0132. The van der Waals surface area contributed by atoms with E-state index in [-0.39, 0.29) is 24.1 Å². The van der Waals surface area contributed by atoms with E-state index in [4.69, 9.17) is 5.11 Å². The van der Waals surface area contributed by atoms with Crippen LogP contribution in [0, 0.1) is 5.41 Å². The lowest BCUT2D eigenvalue weighted by Crippen LogP contribution is -2.45. The zero-order valence-electron chi connectivity index (χ0n) is 11.7. The number of hydrogen-bond donors (Lipinski definition) is 3. The molecule has 102 valence electrons. The van der Waals surface area contributed by atoms with Gasteiger partial charge in [-0.1, -0.05) is 20.8 Å². The fraction of sp³-hybridized carbons (Fsp3) is 0.923. The Morgan fingerprint density at radius 2 is 1.76 bits per heavy atom. The van der Waals surface area contributed by atoms with E-state index in [2.05, 4.69) is 31.4 Å². The minimum atomic E-state index is -0.134. The summed E-state index contributed by atoms with van der Waals surface area (Å²) in [4.78, 5) is 11.6. The number of carbonyl (C=O) groups excluding carboxylic acids is 1. The summed E-state index contributed by atoms with van der Waals surface area (Å²) in [6.07, 6.45) is 3.82. The monoisotopic (exact) mass is 244 g/mol. The van der Waals surface area contributed by atoms with Crippen LogP contribution in [0.5, 0.6) is 0 Å². The molecule has 0 saturated carbocycles. The number of aliphatic hydroxyl groups excluding tert-OH is 1. The molecule has 17 heavy (non-hydrogen) atoms. The number of nitrogens with one attached hydrogen (secondary N) is 2. The quantitative estimate of drug-likeness (QED) is 0.613. The minimum Gasteiger partial charge on any atom is -0.396 e. The van der Waals surface area contributed by atoms with Crippen molar-refractivity contribution in [1.82, 2.24) is 10.6 Å². The molecule has 0 aromatic heterocycles. The molecule has 0 unspecified atom stereocenters. The highest BCUT2D eigenvalue weighted by molar-refractivity contribution is 5.74. The van der Waals surface area contributed by atoms with Crippen LogP contribution in [-0.2, 0) is 0 Å². The molecule has 0 aromatic carbocycles. The van der Waals surface area contributed by atoms with E-state index >= 15 is 0 Å². The van der Waals surface area contributed by atoms with Crippen LogP contribution in [0.4, 0.5) is 4.79 Å². The van der Waals surface area contributed by atoms with Crippen molar-refractivity contribution >= 4 is 6.03 Å². The molecule has 2 amide bonds. The van der Waals surface area contributed by atoms with Crippen LogP contribution >= 0.6 is 0 Å². The first-order chi connectivity index (χ1) is 8.03. The predicted molar refractivity (Wildman–Crippen MR) is 71.0 cm³/mol. The third-order valence-corrected chi connectivity index (χ3v) is 3.81. The second-order valence-corrected chi connectivity index (χ2v) is 4.80. The van der Waals surface area contributed by atoms with Crippen molar-refractivity contribution in [2.24, 2.45) is 5.41 Å². The Kier molecular flexibility index (Phi) is 7.96. The zero-order chi connectivity index (χ0) is 13.3. The van der Waals surface area contributed by atoms with E-state index in [0.29, 0.717) is 13.0 Å². The first kappa shape index (κ1) is 16.2. The number of carbonyl (C=O) groups is 1. The maximum Gasteiger partial charge on any atom is 0.315 e. The third kappa shape index (κ3) is 5.91. The van der Waals surface area contributed by atoms with Gasteiger partial charge in [0.2, 0.25) is 0 Å². The summed E-state index contributed by atoms with van der Waals surface area (Å²) in [5.41, 5.74) is 0.220. The molecule has 3 N–H and O–H groups in total. The molecule has 0 bridgehead atoms. The fourth-order valence-electron chi connectivity index (χ4n) is 1.93. The zero-order valence-corrected chi connectivity index (χ0v) is 11.7. The average Bonchev–Trinajstić information content (AvgIpc) is 2.32. The molecule has 0 saturated heterocycles. The summed E-state index contributed by atoms with van der Waals surface area (Å²) in [7, 11) is 0. The maximum atomic E-state index is 11.6. The summed E-state index contributed by atoms with van der Waals surface area (Å²) in [5, 5.41) is 14.5. The standard InChI is InChI=1S/C13H28N2O2/c1-5-13(6-2,7-3)10-14-12(17)15-11(4)8-9-16/h11,16H,5-10H2,1-4H3,(H2,14,15,17)/t11-/m1/s1. The number of amides is 2. The Morgan fingerprint density at radius 3 is 2.18 bits per heavy atom. The number of rotatable bonds is 8. The largest absolute Gasteiger partial charge is 0.396 e. The number of urea groups is 1. The van der Waals surface area contributed by atoms with Crippen molar-refractivity contribution in [3.05, 3.63) is 0 Å². The molecule has 4 heteroatoms. The van der Waals surface area contributed by atoms with Crippen molar-refractivity contribution in [3.63, 3.8) is 0 Å². The van der Waals surface area contributed by atoms with Gasteiger partial charge in [-0.15, -0.1) is 0 Å². The third-order valence-electron chi connectivity index (χ3n) is 3.81. The molecule has 0 fully saturated rings. The van der Waals surface area contributed by atoms with Crippen LogP contribution < -0.4 is 10.6 Å². The van der Waals surface area contributed by atoms with Gasteiger partial charge in [-0.3, -0.25) is 0 Å². The molecule has 0 aromatic rings. The Morgan fingerprint density at radius 1 is 1.24 bits per heavy atom. The fourth-order valence-corrected chi connectivity index (χ4v) is 1.93. The second-order valence-electron chi connectivity index (χ2n) is 4.80. The van der Waals surface area contributed by atoms with Crippen molar-refractivity contribution in [2.75, 3.05) is 13.2 Å². The van der Waals surface area contributed by atoms with Gasteiger partial charge >= 0.3 is 6.03 Å². The molecule has 0 aliphatic rings. The van der Waals surface area contributed by atoms with Crippen LogP contribution in [0.25, 0.3) is 0 Å². The van der Waals surface area contributed by atoms with Crippen LogP contribution in [0.1, 0.15) is 53.4 Å². The molecule has 0 aliphatic carbocycles. The highest BCUT2D eigenvalue weighted by Crippen LogP contribution is 2.29.